The Hall–Kier alpha value is -1.23. The van der Waals surface area contributed by atoms with Gasteiger partial charge in [0, 0.05) is 25.4 Å². The van der Waals surface area contributed by atoms with E-state index in [1.165, 1.54) is 4.68 Å². The standard InChI is InChI=1S/C8H12ClN3O2/c1-12-8(14-2)5-6(11-12)10-7(13)3-4-9/h5H,3-4H2,1-2H3,(H,10,11,13). The van der Waals surface area contributed by atoms with Crippen molar-refractivity contribution in [1.29, 1.82) is 0 Å². The molecule has 0 unspecified atom stereocenters. The van der Waals surface area contributed by atoms with Crippen molar-refractivity contribution in [3.05, 3.63) is 6.07 Å². The molecule has 0 saturated carbocycles. The van der Waals surface area contributed by atoms with Crippen molar-refractivity contribution in [1.82, 2.24) is 9.78 Å². The molecule has 14 heavy (non-hydrogen) atoms. The van der Waals surface area contributed by atoms with E-state index in [-0.39, 0.29) is 12.3 Å². The minimum Gasteiger partial charge on any atom is -0.481 e. The summed E-state index contributed by atoms with van der Waals surface area (Å²) in [4.78, 5) is 11.1. The highest BCUT2D eigenvalue weighted by Crippen LogP contribution is 2.15. The number of halogens is 1. The van der Waals surface area contributed by atoms with Crippen LogP contribution in [0.5, 0.6) is 5.88 Å². The molecule has 0 aromatic carbocycles. The second-order valence-corrected chi connectivity index (χ2v) is 3.06. The number of aryl methyl sites for hydroxylation is 1. The zero-order valence-corrected chi connectivity index (χ0v) is 8.84. The van der Waals surface area contributed by atoms with E-state index < -0.39 is 0 Å². The first-order chi connectivity index (χ1) is 6.67. The normalized spacial score (nSPS) is 9.93. The third-order valence-corrected chi connectivity index (χ3v) is 1.82. The summed E-state index contributed by atoms with van der Waals surface area (Å²) in [5.41, 5.74) is 0. The minimum absolute atomic E-state index is 0.152. The molecule has 0 radical (unpaired) electrons. The van der Waals surface area contributed by atoms with Crippen LogP contribution < -0.4 is 10.1 Å². The Kier molecular flexibility index (Phi) is 3.76. The maximum absolute atomic E-state index is 11.1. The van der Waals surface area contributed by atoms with E-state index in [1.807, 2.05) is 0 Å². The quantitative estimate of drug-likeness (QED) is 0.766. The van der Waals surface area contributed by atoms with Gasteiger partial charge in [-0.3, -0.25) is 4.79 Å². The predicted molar refractivity (Wildman–Crippen MR) is 53.7 cm³/mol. The number of nitrogens with one attached hydrogen (secondary N) is 1. The number of carbonyl (C=O) groups excluding carboxylic acids is 1. The molecule has 0 fully saturated rings. The van der Waals surface area contributed by atoms with Crippen LogP contribution in [0.25, 0.3) is 0 Å². The highest BCUT2D eigenvalue weighted by Gasteiger charge is 2.07. The van der Waals surface area contributed by atoms with Crippen LogP contribution in [-0.4, -0.2) is 28.7 Å². The number of carbonyl (C=O) groups is 1. The molecule has 0 aliphatic rings. The van der Waals surface area contributed by atoms with Crippen molar-refractivity contribution in [3.8, 4) is 5.88 Å². The Labute approximate surface area is 87.0 Å². The third-order valence-electron chi connectivity index (χ3n) is 1.64. The highest BCUT2D eigenvalue weighted by atomic mass is 35.5. The van der Waals surface area contributed by atoms with E-state index in [1.54, 1.807) is 20.2 Å². The van der Waals surface area contributed by atoms with Crippen LogP contribution in [0.2, 0.25) is 0 Å². The van der Waals surface area contributed by atoms with E-state index in [0.717, 1.165) is 0 Å². The molecule has 1 N–H and O–H groups in total. The molecule has 0 saturated heterocycles. The molecule has 5 nitrogen and oxygen atoms in total. The number of ether oxygens (including phenoxy) is 1. The number of aromatic nitrogens is 2. The highest BCUT2D eigenvalue weighted by molar-refractivity contribution is 6.19. The fourth-order valence-corrected chi connectivity index (χ4v) is 1.17. The molecule has 0 aliphatic heterocycles. The Morgan fingerprint density at radius 3 is 3.00 bits per heavy atom. The topological polar surface area (TPSA) is 56.1 Å². The first-order valence-corrected chi connectivity index (χ1v) is 4.64. The van der Waals surface area contributed by atoms with Crippen LogP contribution in [0.3, 0.4) is 0 Å². The number of methoxy groups -OCH3 is 1. The number of hydrogen-bond acceptors (Lipinski definition) is 3. The molecule has 0 atom stereocenters. The summed E-state index contributed by atoms with van der Waals surface area (Å²) in [6.07, 6.45) is 0.278. The van der Waals surface area contributed by atoms with Crippen molar-refractivity contribution in [3.63, 3.8) is 0 Å². The molecule has 1 amide bonds. The van der Waals surface area contributed by atoms with Gasteiger partial charge < -0.3 is 10.1 Å². The molecule has 1 heterocycles. The average Bonchev–Trinajstić information content (AvgIpc) is 2.46. The van der Waals surface area contributed by atoms with Gasteiger partial charge in [-0.25, -0.2) is 4.68 Å². The number of rotatable bonds is 4. The number of hydrogen-bond donors (Lipinski definition) is 1. The Morgan fingerprint density at radius 1 is 1.79 bits per heavy atom. The zero-order chi connectivity index (χ0) is 10.6. The van der Waals surface area contributed by atoms with Gasteiger partial charge in [-0.2, -0.15) is 5.10 Å². The lowest BCUT2D eigenvalue weighted by atomic mass is 10.4. The van der Waals surface area contributed by atoms with E-state index >= 15 is 0 Å². The van der Waals surface area contributed by atoms with Gasteiger partial charge in [0.05, 0.1) is 7.11 Å². The van der Waals surface area contributed by atoms with Crippen molar-refractivity contribution >= 4 is 23.3 Å². The average molecular weight is 218 g/mol. The number of anilines is 1. The van der Waals surface area contributed by atoms with E-state index in [9.17, 15) is 4.79 Å². The van der Waals surface area contributed by atoms with Crippen LogP contribution >= 0.6 is 11.6 Å². The summed E-state index contributed by atoms with van der Waals surface area (Å²) >= 11 is 5.42. The Morgan fingerprint density at radius 2 is 2.50 bits per heavy atom. The van der Waals surface area contributed by atoms with Gasteiger partial charge in [-0.15, -0.1) is 11.6 Å². The van der Waals surface area contributed by atoms with Crippen LogP contribution in [0.1, 0.15) is 6.42 Å². The molecular formula is C8H12ClN3O2. The molecule has 1 rings (SSSR count). The maximum atomic E-state index is 11.1. The summed E-state index contributed by atoms with van der Waals surface area (Å²) in [6.45, 7) is 0. The maximum Gasteiger partial charge on any atom is 0.226 e. The van der Waals surface area contributed by atoms with Crippen molar-refractivity contribution in [2.75, 3.05) is 18.3 Å². The molecule has 0 bridgehead atoms. The van der Waals surface area contributed by atoms with E-state index in [2.05, 4.69) is 10.4 Å². The molecule has 1 aromatic rings. The molecule has 0 aliphatic carbocycles. The molecule has 6 heteroatoms. The molecular weight excluding hydrogens is 206 g/mol. The SMILES string of the molecule is COc1cc(NC(=O)CCCl)nn1C. The third kappa shape index (κ3) is 2.63. The summed E-state index contributed by atoms with van der Waals surface area (Å²) in [6, 6.07) is 1.64. The molecule has 1 aromatic heterocycles. The first-order valence-electron chi connectivity index (χ1n) is 4.11. The lowest BCUT2D eigenvalue weighted by molar-refractivity contribution is -0.115. The Balaban J connectivity index is 2.63. The second kappa shape index (κ2) is 4.85. The van der Waals surface area contributed by atoms with E-state index in [4.69, 9.17) is 16.3 Å². The van der Waals surface area contributed by atoms with Gasteiger partial charge >= 0.3 is 0 Å². The fourth-order valence-electron chi connectivity index (χ4n) is 0.993. The summed E-state index contributed by atoms with van der Waals surface area (Å²) in [5, 5.41) is 6.62. The lowest BCUT2D eigenvalue weighted by Gasteiger charge is -1.97. The summed E-state index contributed by atoms with van der Waals surface area (Å²) in [5.74, 6) is 1.21. The van der Waals surface area contributed by atoms with Gasteiger partial charge in [-0.1, -0.05) is 0 Å². The van der Waals surface area contributed by atoms with Gasteiger partial charge in [0.25, 0.3) is 0 Å². The minimum atomic E-state index is -0.152. The number of alkyl halides is 1. The number of nitrogens with zero attached hydrogens (tertiary/aromatic N) is 2. The fraction of sp³-hybridized carbons (Fsp3) is 0.500. The van der Waals surface area contributed by atoms with Crippen LogP contribution in [-0.2, 0) is 11.8 Å². The van der Waals surface area contributed by atoms with Crippen molar-refractivity contribution in [2.24, 2.45) is 7.05 Å². The van der Waals surface area contributed by atoms with Gasteiger partial charge in [0.2, 0.25) is 11.8 Å². The smallest absolute Gasteiger partial charge is 0.226 e. The summed E-state index contributed by atoms with van der Waals surface area (Å²) in [7, 11) is 3.28. The van der Waals surface area contributed by atoms with Gasteiger partial charge in [0.1, 0.15) is 0 Å². The van der Waals surface area contributed by atoms with Crippen LogP contribution in [0.15, 0.2) is 6.07 Å². The number of amides is 1. The lowest BCUT2D eigenvalue weighted by Crippen LogP contribution is -2.12. The van der Waals surface area contributed by atoms with E-state index in [0.29, 0.717) is 17.6 Å². The summed E-state index contributed by atoms with van der Waals surface area (Å²) < 4.78 is 6.53. The van der Waals surface area contributed by atoms with Crippen molar-refractivity contribution in [2.45, 2.75) is 6.42 Å². The Bertz CT molecular complexity index is 324. The monoisotopic (exact) mass is 217 g/mol. The van der Waals surface area contributed by atoms with Crippen LogP contribution in [0, 0.1) is 0 Å². The van der Waals surface area contributed by atoms with Gasteiger partial charge in [0.15, 0.2) is 5.82 Å². The van der Waals surface area contributed by atoms with Crippen LogP contribution in [0.4, 0.5) is 5.82 Å². The zero-order valence-electron chi connectivity index (χ0n) is 8.08. The predicted octanol–water partition coefficient (Wildman–Crippen LogP) is 0.996. The molecule has 78 valence electrons. The molecule has 0 spiro atoms. The second-order valence-electron chi connectivity index (χ2n) is 2.68. The van der Waals surface area contributed by atoms with Gasteiger partial charge in [-0.05, 0) is 0 Å². The van der Waals surface area contributed by atoms with Crippen molar-refractivity contribution < 1.29 is 9.53 Å². The largest absolute Gasteiger partial charge is 0.481 e. The first kappa shape index (κ1) is 10.8.